The zero-order valence-electron chi connectivity index (χ0n) is 32.8. The number of aromatic amines is 2. The zero-order valence-corrected chi connectivity index (χ0v) is 32.8. The van der Waals surface area contributed by atoms with E-state index >= 15 is 0 Å². The number of likely N-dealkylation sites (tertiary alicyclic amines) is 2. The van der Waals surface area contributed by atoms with Gasteiger partial charge >= 0.3 is 18.4 Å². The summed E-state index contributed by atoms with van der Waals surface area (Å²) in [6.45, 7) is 2.64. The van der Waals surface area contributed by atoms with Gasteiger partial charge in [-0.2, -0.15) is 13.2 Å². The van der Waals surface area contributed by atoms with Gasteiger partial charge in [0.15, 0.2) is 0 Å². The highest BCUT2D eigenvalue weighted by atomic mass is 19.4. The number of benzene rings is 3. The van der Waals surface area contributed by atoms with E-state index in [1.807, 2.05) is 66.8 Å². The van der Waals surface area contributed by atoms with Crippen LogP contribution in [-0.2, 0) is 19.1 Å². The summed E-state index contributed by atoms with van der Waals surface area (Å²) in [5.74, 6) is 0.135. The van der Waals surface area contributed by atoms with Gasteiger partial charge < -0.3 is 39.9 Å². The lowest BCUT2D eigenvalue weighted by Crippen LogP contribution is -2.50. The molecular weight excluding hydrogens is 770 g/mol. The molecule has 0 spiro atoms. The van der Waals surface area contributed by atoms with Crippen LogP contribution in [0, 0.1) is 0 Å². The van der Waals surface area contributed by atoms with Crippen molar-refractivity contribution in [1.29, 1.82) is 0 Å². The molecule has 0 aliphatic carbocycles. The molecule has 2 fully saturated rings. The van der Waals surface area contributed by atoms with Crippen molar-refractivity contribution in [3.63, 3.8) is 0 Å². The van der Waals surface area contributed by atoms with E-state index in [0.29, 0.717) is 43.1 Å². The fourth-order valence-electron chi connectivity index (χ4n) is 7.94. The lowest BCUT2D eigenvalue weighted by Gasteiger charge is -2.28. The van der Waals surface area contributed by atoms with E-state index in [0.717, 1.165) is 58.7 Å². The Labute approximate surface area is 337 Å². The van der Waals surface area contributed by atoms with Gasteiger partial charge in [-0.1, -0.05) is 55.5 Å². The molecule has 59 heavy (non-hydrogen) atoms. The minimum atomic E-state index is -4.68. The maximum atomic E-state index is 13.3. The SMILES string of the molecule is CC[C@H](NC(=O)OC)C(=O)N1CCC[C@H]1c1ncc(-c2ccc(-c3ccc4cc(-c5cnc([C@@H]6CCCN6C(=O)[C@H](CC(F)(F)F)NC(=O)OC)[nH]5)ccc4c3)cc2)[nH]1. The van der Waals surface area contributed by atoms with Crippen LogP contribution in [0.15, 0.2) is 73.1 Å². The Kier molecular flexibility index (Phi) is 11.9. The van der Waals surface area contributed by atoms with Crippen molar-refractivity contribution in [1.82, 2.24) is 40.4 Å². The molecule has 0 bridgehead atoms. The van der Waals surface area contributed by atoms with Crippen molar-refractivity contribution in [3.05, 3.63) is 84.7 Å². The summed E-state index contributed by atoms with van der Waals surface area (Å²) in [6, 6.07) is 17.0. The van der Waals surface area contributed by atoms with E-state index in [-0.39, 0.29) is 18.5 Å². The maximum Gasteiger partial charge on any atom is 0.407 e. The van der Waals surface area contributed by atoms with Crippen LogP contribution in [0.25, 0.3) is 44.4 Å². The molecule has 4 heterocycles. The second-order valence-corrected chi connectivity index (χ2v) is 14.7. The average molecular weight is 815 g/mol. The number of H-pyrrole nitrogens is 2. The molecule has 2 aliphatic heterocycles. The molecule has 3 aromatic carbocycles. The average Bonchev–Trinajstić information content (AvgIpc) is 4.08. The largest absolute Gasteiger partial charge is 0.453 e. The predicted molar refractivity (Wildman–Crippen MR) is 212 cm³/mol. The van der Waals surface area contributed by atoms with Crippen LogP contribution < -0.4 is 10.6 Å². The molecule has 17 heteroatoms. The van der Waals surface area contributed by atoms with Gasteiger partial charge in [0.25, 0.3) is 0 Å². The molecule has 2 aromatic heterocycles. The van der Waals surface area contributed by atoms with Gasteiger partial charge in [0, 0.05) is 18.7 Å². The van der Waals surface area contributed by atoms with E-state index in [4.69, 9.17) is 4.74 Å². The fraction of sp³-hybridized carbons (Fsp3) is 0.381. The molecule has 0 unspecified atom stereocenters. The van der Waals surface area contributed by atoms with Crippen LogP contribution in [0.2, 0.25) is 0 Å². The van der Waals surface area contributed by atoms with Crippen molar-refractivity contribution < 1.29 is 41.8 Å². The lowest BCUT2D eigenvalue weighted by molar-refractivity contribution is -0.154. The standard InChI is InChI=1S/C42H45F3N8O6/c1-4-30(50-40(56)58-2)38(54)52-17-5-7-34(52)36-46-22-32(48-36)25-11-9-24(10-12-25)26-13-14-28-20-29(16-15-27(28)19-26)33-23-47-37(49-33)35-8-6-18-53(35)39(55)31(21-42(43,44)45)51-41(57)59-3/h9-16,19-20,22-23,30-31,34-35H,4-8,17-18,21H2,1-3H3,(H,46,48)(H,47,49)(H,50,56)(H,51,57)/t30-,31-,34-,35-/m0/s1. The summed E-state index contributed by atoms with van der Waals surface area (Å²) < 4.78 is 49.1. The van der Waals surface area contributed by atoms with E-state index in [9.17, 15) is 32.3 Å². The van der Waals surface area contributed by atoms with E-state index in [1.54, 1.807) is 17.3 Å². The smallest absolute Gasteiger partial charge is 0.407 e. The minimum Gasteiger partial charge on any atom is -0.453 e. The molecule has 4 atom stereocenters. The summed E-state index contributed by atoms with van der Waals surface area (Å²) >= 11 is 0. The first kappa shape index (κ1) is 40.8. The summed E-state index contributed by atoms with van der Waals surface area (Å²) in [4.78, 5) is 69.2. The first-order valence-electron chi connectivity index (χ1n) is 19.5. The van der Waals surface area contributed by atoms with Gasteiger partial charge in [-0.3, -0.25) is 9.59 Å². The van der Waals surface area contributed by atoms with Crippen LogP contribution in [0.4, 0.5) is 22.8 Å². The number of hydrogen-bond donors (Lipinski definition) is 4. The van der Waals surface area contributed by atoms with Crippen LogP contribution in [0.1, 0.15) is 69.2 Å². The highest BCUT2D eigenvalue weighted by Gasteiger charge is 2.42. The van der Waals surface area contributed by atoms with Crippen molar-refractivity contribution >= 4 is 34.8 Å². The lowest BCUT2D eigenvalue weighted by atomic mass is 9.98. The minimum absolute atomic E-state index is 0.162. The first-order valence-corrected chi connectivity index (χ1v) is 19.5. The van der Waals surface area contributed by atoms with Crippen LogP contribution in [0.3, 0.4) is 0 Å². The van der Waals surface area contributed by atoms with Crippen molar-refractivity contribution in [2.75, 3.05) is 27.3 Å². The van der Waals surface area contributed by atoms with E-state index in [1.165, 1.54) is 12.0 Å². The molecule has 4 N–H and O–H groups in total. The Morgan fingerprint density at radius 1 is 0.712 bits per heavy atom. The molecule has 0 saturated carbocycles. The Bertz CT molecular complexity index is 2330. The number of alkyl carbamates (subject to hydrolysis) is 2. The molecule has 0 radical (unpaired) electrons. The molecule has 5 aromatic rings. The number of ether oxygens (including phenoxy) is 2. The first-order chi connectivity index (χ1) is 28.3. The monoisotopic (exact) mass is 814 g/mol. The highest BCUT2D eigenvalue weighted by Crippen LogP contribution is 2.36. The number of methoxy groups -OCH3 is 2. The summed E-state index contributed by atoms with van der Waals surface area (Å²) in [6.07, 6.45) is -1.45. The number of hydrogen-bond acceptors (Lipinski definition) is 8. The van der Waals surface area contributed by atoms with Gasteiger partial charge in [0.05, 0.1) is 56.5 Å². The Morgan fingerprint density at radius 3 is 1.69 bits per heavy atom. The Balaban J connectivity index is 1.02. The van der Waals surface area contributed by atoms with Crippen LogP contribution in [0.5, 0.6) is 0 Å². The summed E-state index contributed by atoms with van der Waals surface area (Å²) in [5.41, 5.74) is 5.34. The quantitative estimate of drug-likeness (QED) is 0.107. The number of carbonyl (C=O) groups is 4. The number of carbonyl (C=O) groups excluding carboxylic acids is 4. The van der Waals surface area contributed by atoms with Crippen LogP contribution >= 0.6 is 0 Å². The van der Waals surface area contributed by atoms with Gasteiger partial charge in [0.1, 0.15) is 23.7 Å². The Hall–Kier alpha value is -6.39. The molecule has 2 saturated heterocycles. The third-order valence-electron chi connectivity index (χ3n) is 11.0. The summed E-state index contributed by atoms with van der Waals surface area (Å²) in [7, 11) is 2.29. The number of alkyl halides is 3. The topological polar surface area (TPSA) is 175 Å². The molecule has 7 rings (SSSR count). The molecule has 310 valence electrons. The highest BCUT2D eigenvalue weighted by molar-refractivity contribution is 5.91. The van der Waals surface area contributed by atoms with E-state index < -0.39 is 48.8 Å². The number of nitrogens with one attached hydrogen (secondary N) is 4. The third-order valence-corrected chi connectivity index (χ3v) is 11.0. The number of imidazole rings is 2. The van der Waals surface area contributed by atoms with E-state index in [2.05, 4.69) is 36.1 Å². The number of fused-ring (bicyclic) bond motifs is 1. The van der Waals surface area contributed by atoms with Crippen molar-refractivity contribution in [2.45, 2.75) is 75.8 Å². The number of nitrogens with zero attached hydrogens (tertiary/aromatic N) is 4. The van der Waals surface area contributed by atoms with Crippen molar-refractivity contribution in [2.24, 2.45) is 0 Å². The normalized spacial score (nSPS) is 17.8. The zero-order chi connectivity index (χ0) is 41.8. The third kappa shape index (κ3) is 9.03. The Morgan fingerprint density at radius 2 is 1.17 bits per heavy atom. The molecular formula is C42H45F3N8O6. The fourth-order valence-corrected chi connectivity index (χ4v) is 7.94. The summed E-state index contributed by atoms with van der Waals surface area (Å²) in [5, 5.41) is 6.66. The number of aromatic nitrogens is 4. The predicted octanol–water partition coefficient (Wildman–Crippen LogP) is 7.43. The van der Waals surface area contributed by atoms with Crippen molar-refractivity contribution in [3.8, 4) is 33.6 Å². The van der Waals surface area contributed by atoms with Gasteiger partial charge in [-0.15, -0.1) is 0 Å². The molecule has 14 nitrogen and oxygen atoms in total. The second kappa shape index (κ2) is 17.2. The molecule has 2 aliphatic rings. The molecule has 4 amide bonds. The number of rotatable bonds is 11. The van der Waals surface area contributed by atoms with Gasteiger partial charge in [0.2, 0.25) is 11.8 Å². The van der Waals surface area contributed by atoms with Gasteiger partial charge in [-0.05, 0) is 71.7 Å². The van der Waals surface area contributed by atoms with Gasteiger partial charge in [-0.25, -0.2) is 19.6 Å². The number of amides is 4. The second-order valence-electron chi connectivity index (χ2n) is 14.7. The maximum absolute atomic E-state index is 13.3. The number of halogens is 3. The van der Waals surface area contributed by atoms with Crippen LogP contribution in [-0.4, -0.2) is 99.3 Å².